The fourth-order valence-corrected chi connectivity index (χ4v) is 2.39. The molecule has 1 fully saturated rings. The van der Waals surface area contributed by atoms with E-state index >= 15 is 0 Å². The van der Waals surface area contributed by atoms with Gasteiger partial charge in [-0.2, -0.15) is 4.57 Å². The summed E-state index contributed by atoms with van der Waals surface area (Å²) < 4.78 is 21.1. The number of aliphatic hydroxyl groups excluding tert-OH is 2. The number of hydrogen-bond acceptors (Lipinski definition) is 8. The van der Waals surface area contributed by atoms with Crippen LogP contribution in [0.3, 0.4) is 0 Å². The summed E-state index contributed by atoms with van der Waals surface area (Å²) in [5.41, 5.74) is -0.174. The summed E-state index contributed by atoms with van der Waals surface area (Å²) >= 11 is 0. The van der Waals surface area contributed by atoms with Crippen LogP contribution in [0.1, 0.15) is 16.6 Å². The number of aliphatic hydroxyl groups is 2. The van der Waals surface area contributed by atoms with Crippen LogP contribution in [0.5, 0.6) is 0 Å². The van der Waals surface area contributed by atoms with Crippen LogP contribution in [0, 0.1) is 0 Å². The number of carboxylic acids is 1. The van der Waals surface area contributed by atoms with Crippen LogP contribution in [-0.2, 0) is 13.8 Å². The molecule has 0 saturated carbocycles. The molecular weight excluding hydrogens is 321 g/mol. The van der Waals surface area contributed by atoms with Crippen LogP contribution >= 0.6 is 7.82 Å². The van der Waals surface area contributed by atoms with E-state index < -0.39 is 44.9 Å². The van der Waals surface area contributed by atoms with Crippen LogP contribution < -0.4 is 14.6 Å². The van der Waals surface area contributed by atoms with Crippen LogP contribution in [-0.4, -0.2) is 46.0 Å². The molecule has 3 N–H and O–H groups in total. The molecule has 0 aromatic carbocycles. The maximum atomic E-state index is 10.8. The highest BCUT2D eigenvalue weighted by atomic mass is 31.2. The molecule has 5 atom stereocenters. The minimum Gasteiger partial charge on any atom is -0.756 e. The first-order valence-electron chi connectivity index (χ1n) is 6.11. The van der Waals surface area contributed by atoms with Crippen molar-refractivity contribution < 1.29 is 48.3 Å². The first kappa shape index (κ1) is 17.0. The van der Waals surface area contributed by atoms with Gasteiger partial charge in [0, 0.05) is 6.07 Å². The normalized spacial score (nSPS) is 30.9. The number of rotatable bonds is 5. The Balaban J connectivity index is 2.14. The Morgan fingerprint density at radius 2 is 2.14 bits per heavy atom. The van der Waals surface area contributed by atoms with Gasteiger partial charge in [0.2, 0.25) is 0 Å². The smallest absolute Gasteiger partial charge is 0.292 e. The van der Waals surface area contributed by atoms with Crippen LogP contribution in [0.2, 0.25) is 0 Å². The third-order valence-corrected chi connectivity index (χ3v) is 3.57. The maximum absolute atomic E-state index is 10.8. The van der Waals surface area contributed by atoms with Gasteiger partial charge >= 0.3 is 0 Å². The van der Waals surface area contributed by atoms with Gasteiger partial charge in [0.05, 0.1) is 18.1 Å². The Labute approximate surface area is 124 Å². The highest BCUT2D eigenvalue weighted by Crippen LogP contribution is 2.33. The standard InChI is InChI=1S/C11H14NO9P/c13-8-7(5-20-22(17,18)19)21-10(9(8)14)12-3-1-2-6(4-12)11(15)16/h1-4,7-10,13-14H,5H2,(H2-,15,16,17,18,19)/p-1/t7-,8-,9-,10-/m1/s1. The van der Waals surface area contributed by atoms with Crippen molar-refractivity contribution in [1.82, 2.24) is 0 Å². The van der Waals surface area contributed by atoms with Gasteiger partial charge in [0.1, 0.15) is 12.2 Å². The number of aromatic carboxylic acids is 1. The molecule has 1 aliphatic heterocycles. The number of aromatic nitrogens is 1. The molecule has 1 aromatic rings. The Hall–Kier alpha value is -1.39. The minimum atomic E-state index is -4.99. The molecule has 10 nitrogen and oxygen atoms in total. The summed E-state index contributed by atoms with van der Waals surface area (Å²) in [6.45, 7) is -0.702. The summed E-state index contributed by atoms with van der Waals surface area (Å²) in [5, 5.41) is 30.5. The Bertz CT molecular complexity index is 603. The minimum absolute atomic E-state index is 0.174. The summed E-state index contributed by atoms with van der Waals surface area (Å²) in [5.74, 6) is -1.44. The maximum Gasteiger partial charge on any atom is 0.292 e. The number of phosphoric acid groups is 1. The Morgan fingerprint density at radius 1 is 1.45 bits per heavy atom. The molecule has 1 aliphatic rings. The molecule has 2 rings (SSSR count). The molecule has 1 unspecified atom stereocenters. The molecule has 0 aliphatic carbocycles. The van der Waals surface area contributed by atoms with E-state index in [0.717, 1.165) is 6.20 Å². The third kappa shape index (κ3) is 3.87. The van der Waals surface area contributed by atoms with Gasteiger partial charge in [-0.15, -0.1) is 0 Å². The SMILES string of the molecule is O=C([O-])c1ccc[n+]([C@@H]2O[C@H](COP(=O)([O-])O)[C@@H](O)[C@H]2O)c1. The molecule has 22 heavy (non-hydrogen) atoms. The van der Waals surface area contributed by atoms with Crippen molar-refractivity contribution in [2.45, 2.75) is 24.5 Å². The Kier molecular flexibility index (Phi) is 4.93. The van der Waals surface area contributed by atoms with Crippen molar-refractivity contribution in [3.05, 3.63) is 30.1 Å². The fraction of sp³-hybridized carbons (Fsp3) is 0.455. The predicted octanol–water partition coefficient (Wildman–Crippen LogP) is -3.57. The van der Waals surface area contributed by atoms with E-state index in [1.165, 1.54) is 22.9 Å². The summed E-state index contributed by atoms with van der Waals surface area (Å²) in [6.07, 6.45) is -2.82. The van der Waals surface area contributed by atoms with E-state index in [2.05, 4.69) is 4.52 Å². The van der Waals surface area contributed by atoms with E-state index in [4.69, 9.17) is 9.63 Å². The van der Waals surface area contributed by atoms with Crippen molar-refractivity contribution in [1.29, 1.82) is 0 Å². The number of phosphoric ester groups is 1. The van der Waals surface area contributed by atoms with Crippen molar-refractivity contribution >= 4 is 13.8 Å². The van der Waals surface area contributed by atoms with E-state index in [1.54, 1.807) is 0 Å². The average molecular weight is 334 g/mol. The van der Waals surface area contributed by atoms with Crippen LogP contribution in [0.4, 0.5) is 0 Å². The molecule has 122 valence electrons. The molecule has 11 heteroatoms. The molecule has 1 aromatic heterocycles. The van der Waals surface area contributed by atoms with E-state index in [-0.39, 0.29) is 5.56 Å². The number of pyridine rings is 1. The number of ether oxygens (including phenoxy) is 1. The first-order valence-corrected chi connectivity index (χ1v) is 7.60. The first-order chi connectivity index (χ1) is 10.2. The van der Waals surface area contributed by atoms with Crippen molar-refractivity contribution in [3.8, 4) is 0 Å². The molecular formula is C11H13NO9P-. The highest BCUT2D eigenvalue weighted by molar-refractivity contribution is 7.44. The molecule has 1 saturated heterocycles. The summed E-state index contributed by atoms with van der Waals surface area (Å²) in [7, 11) is -4.99. The van der Waals surface area contributed by atoms with Gasteiger partial charge in [-0.1, -0.05) is 0 Å². The lowest BCUT2D eigenvalue weighted by molar-refractivity contribution is -0.765. The number of carboxylic acid groups (broad SMARTS) is 1. The van der Waals surface area contributed by atoms with Gasteiger partial charge in [-0.3, -0.25) is 4.57 Å². The lowest BCUT2D eigenvalue weighted by Crippen LogP contribution is -2.46. The van der Waals surface area contributed by atoms with Crippen molar-refractivity contribution in [3.63, 3.8) is 0 Å². The summed E-state index contributed by atoms with van der Waals surface area (Å²) in [6, 6.07) is 2.64. The monoisotopic (exact) mass is 334 g/mol. The zero-order valence-electron chi connectivity index (χ0n) is 11.0. The Morgan fingerprint density at radius 3 is 2.73 bits per heavy atom. The summed E-state index contributed by atoms with van der Waals surface area (Å²) in [4.78, 5) is 29.8. The zero-order chi connectivity index (χ0) is 16.5. The molecule has 0 spiro atoms. The fourth-order valence-electron chi connectivity index (χ4n) is 2.05. The number of hydrogen-bond donors (Lipinski definition) is 3. The third-order valence-electron chi connectivity index (χ3n) is 3.09. The average Bonchev–Trinajstić information content (AvgIpc) is 2.72. The van der Waals surface area contributed by atoms with Gasteiger partial charge in [0.15, 0.2) is 18.5 Å². The van der Waals surface area contributed by atoms with Gasteiger partial charge in [0.25, 0.3) is 14.1 Å². The molecule has 0 amide bonds. The quantitative estimate of drug-likeness (QED) is 0.365. The molecule has 0 radical (unpaired) electrons. The number of nitrogens with zero attached hydrogens (tertiary/aromatic N) is 1. The number of carbonyl (C=O) groups is 1. The lowest BCUT2D eigenvalue weighted by atomic mass is 10.1. The second-order valence-corrected chi connectivity index (χ2v) is 5.83. The van der Waals surface area contributed by atoms with Gasteiger partial charge in [-0.25, -0.2) is 0 Å². The molecule has 0 bridgehead atoms. The van der Waals surface area contributed by atoms with Crippen molar-refractivity contribution in [2.75, 3.05) is 6.61 Å². The number of carbonyl (C=O) groups excluding carboxylic acids is 1. The van der Waals surface area contributed by atoms with Crippen LogP contribution in [0.25, 0.3) is 0 Å². The van der Waals surface area contributed by atoms with E-state index in [1.807, 2.05) is 0 Å². The molecule has 2 heterocycles. The van der Waals surface area contributed by atoms with Gasteiger partial charge in [-0.05, 0) is 6.07 Å². The zero-order valence-corrected chi connectivity index (χ0v) is 11.9. The van der Waals surface area contributed by atoms with E-state index in [0.29, 0.717) is 0 Å². The largest absolute Gasteiger partial charge is 0.756 e. The second-order valence-electron chi connectivity index (χ2n) is 4.64. The lowest BCUT2D eigenvalue weighted by Gasteiger charge is -2.19. The highest BCUT2D eigenvalue weighted by Gasteiger charge is 2.48. The van der Waals surface area contributed by atoms with Crippen molar-refractivity contribution in [2.24, 2.45) is 0 Å². The van der Waals surface area contributed by atoms with Crippen LogP contribution in [0.15, 0.2) is 24.5 Å². The van der Waals surface area contributed by atoms with Gasteiger partial charge < -0.3 is 39.2 Å². The predicted molar refractivity (Wildman–Crippen MR) is 62.7 cm³/mol. The second kappa shape index (κ2) is 6.39. The topological polar surface area (TPSA) is 163 Å². The van der Waals surface area contributed by atoms with E-state index in [9.17, 15) is 29.6 Å².